The Morgan fingerprint density at radius 2 is 1.90 bits per heavy atom. The van der Waals surface area contributed by atoms with Crippen LogP contribution < -0.4 is 16.4 Å². The number of aromatic amines is 1. The van der Waals surface area contributed by atoms with E-state index in [1.54, 1.807) is 38.1 Å². The zero-order valence-electron chi connectivity index (χ0n) is 11.7. The van der Waals surface area contributed by atoms with E-state index in [1.165, 1.54) is 0 Å². The molecule has 0 radical (unpaired) electrons. The SMILES string of the molecule is CC(C)C(=O)Nc1cccc(NC(=O)c2nc(N)n[nH]2)c1. The number of aromatic nitrogens is 3. The molecule has 0 aliphatic rings. The van der Waals surface area contributed by atoms with Crippen LogP contribution in [0.5, 0.6) is 0 Å². The number of hydrogen-bond donors (Lipinski definition) is 4. The highest BCUT2D eigenvalue weighted by Gasteiger charge is 2.12. The maximum Gasteiger partial charge on any atom is 0.293 e. The summed E-state index contributed by atoms with van der Waals surface area (Å²) in [5.74, 6) is -0.671. The molecule has 0 aliphatic heterocycles. The van der Waals surface area contributed by atoms with E-state index in [2.05, 4.69) is 25.8 Å². The minimum absolute atomic E-state index is 0.00176. The fraction of sp³-hybridized carbons (Fsp3) is 0.231. The molecule has 2 aromatic rings. The third-order valence-corrected chi connectivity index (χ3v) is 2.63. The summed E-state index contributed by atoms with van der Waals surface area (Å²) in [6.45, 7) is 3.60. The molecule has 21 heavy (non-hydrogen) atoms. The van der Waals surface area contributed by atoms with E-state index in [-0.39, 0.29) is 23.6 Å². The van der Waals surface area contributed by atoms with Gasteiger partial charge < -0.3 is 16.4 Å². The van der Waals surface area contributed by atoms with Crippen molar-refractivity contribution in [3.8, 4) is 0 Å². The highest BCUT2D eigenvalue weighted by Crippen LogP contribution is 2.16. The normalized spacial score (nSPS) is 10.4. The predicted molar refractivity (Wildman–Crippen MR) is 78.7 cm³/mol. The van der Waals surface area contributed by atoms with Gasteiger partial charge in [0, 0.05) is 17.3 Å². The van der Waals surface area contributed by atoms with Crippen molar-refractivity contribution >= 4 is 29.1 Å². The summed E-state index contributed by atoms with van der Waals surface area (Å²) in [6.07, 6.45) is 0. The van der Waals surface area contributed by atoms with Crippen molar-refractivity contribution in [2.24, 2.45) is 5.92 Å². The van der Waals surface area contributed by atoms with Crippen molar-refractivity contribution < 1.29 is 9.59 Å². The number of amides is 2. The van der Waals surface area contributed by atoms with Gasteiger partial charge in [0.2, 0.25) is 17.7 Å². The molecule has 0 saturated heterocycles. The topological polar surface area (TPSA) is 126 Å². The quantitative estimate of drug-likeness (QED) is 0.673. The molecule has 0 saturated carbocycles. The van der Waals surface area contributed by atoms with Crippen LogP contribution in [0.4, 0.5) is 17.3 Å². The molecule has 8 nitrogen and oxygen atoms in total. The van der Waals surface area contributed by atoms with Crippen molar-refractivity contribution in [2.75, 3.05) is 16.4 Å². The molecule has 8 heteroatoms. The van der Waals surface area contributed by atoms with Gasteiger partial charge in [-0.3, -0.25) is 14.7 Å². The van der Waals surface area contributed by atoms with Crippen LogP contribution in [0.2, 0.25) is 0 Å². The summed E-state index contributed by atoms with van der Waals surface area (Å²) in [6, 6.07) is 6.81. The average molecular weight is 288 g/mol. The van der Waals surface area contributed by atoms with Gasteiger partial charge in [0.05, 0.1) is 0 Å². The molecule has 110 valence electrons. The Labute approximate surface area is 121 Å². The van der Waals surface area contributed by atoms with E-state index in [1.807, 2.05) is 0 Å². The Bertz CT molecular complexity index is 664. The number of nitrogens with zero attached hydrogens (tertiary/aromatic N) is 2. The van der Waals surface area contributed by atoms with Gasteiger partial charge in [-0.1, -0.05) is 19.9 Å². The summed E-state index contributed by atoms with van der Waals surface area (Å²) in [7, 11) is 0. The number of rotatable bonds is 4. The van der Waals surface area contributed by atoms with Gasteiger partial charge in [-0.05, 0) is 18.2 Å². The fourth-order valence-electron chi connectivity index (χ4n) is 1.53. The molecule has 0 bridgehead atoms. The van der Waals surface area contributed by atoms with Crippen LogP contribution in [0.1, 0.15) is 24.5 Å². The largest absolute Gasteiger partial charge is 0.366 e. The summed E-state index contributed by atoms with van der Waals surface area (Å²) in [4.78, 5) is 27.2. The lowest BCUT2D eigenvalue weighted by Gasteiger charge is -2.09. The first kappa shape index (κ1) is 14.5. The molecule has 2 rings (SSSR count). The third-order valence-electron chi connectivity index (χ3n) is 2.63. The van der Waals surface area contributed by atoms with Crippen LogP contribution >= 0.6 is 0 Å². The van der Waals surface area contributed by atoms with Gasteiger partial charge in [-0.25, -0.2) is 0 Å². The zero-order valence-corrected chi connectivity index (χ0v) is 11.7. The second-order valence-electron chi connectivity index (χ2n) is 4.72. The highest BCUT2D eigenvalue weighted by molar-refractivity contribution is 6.02. The first-order valence-electron chi connectivity index (χ1n) is 6.36. The van der Waals surface area contributed by atoms with E-state index < -0.39 is 5.91 Å². The number of nitrogens with one attached hydrogen (secondary N) is 3. The maximum atomic E-state index is 11.9. The summed E-state index contributed by atoms with van der Waals surface area (Å²) in [5, 5.41) is 11.4. The van der Waals surface area contributed by atoms with Crippen molar-refractivity contribution in [2.45, 2.75) is 13.8 Å². The van der Waals surface area contributed by atoms with Crippen LogP contribution in [0, 0.1) is 5.92 Å². The van der Waals surface area contributed by atoms with Crippen LogP contribution in [-0.4, -0.2) is 27.0 Å². The molecule has 0 unspecified atom stereocenters. The Kier molecular flexibility index (Phi) is 4.17. The lowest BCUT2D eigenvalue weighted by Crippen LogP contribution is -2.18. The zero-order chi connectivity index (χ0) is 15.4. The molecule has 1 aromatic heterocycles. The minimum atomic E-state index is -0.466. The smallest absolute Gasteiger partial charge is 0.293 e. The van der Waals surface area contributed by atoms with Crippen LogP contribution in [0.3, 0.4) is 0 Å². The molecular formula is C13H16N6O2. The third kappa shape index (κ3) is 3.78. The molecule has 1 aromatic carbocycles. The second-order valence-corrected chi connectivity index (χ2v) is 4.72. The number of H-pyrrole nitrogens is 1. The van der Waals surface area contributed by atoms with Crippen LogP contribution in [0.15, 0.2) is 24.3 Å². The predicted octanol–water partition coefficient (Wildman–Crippen LogP) is 1.23. The molecule has 0 atom stereocenters. The Morgan fingerprint density at radius 1 is 1.24 bits per heavy atom. The lowest BCUT2D eigenvalue weighted by molar-refractivity contribution is -0.118. The molecule has 1 heterocycles. The van der Waals surface area contributed by atoms with Gasteiger partial charge in [0.15, 0.2) is 0 Å². The van der Waals surface area contributed by atoms with Crippen molar-refractivity contribution in [3.05, 3.63) is 30.1 Å². The van der Waals surface area contributed by atoms with Crippen LogP contribution in [-0.2, 0) is 4.79 Å². The number of carbonyl (C=O) groups excluding carboxylic acids is 2. The molecule has 0 fully saturated rings. The van der Waals surface area contributed by atoms with Gasteiger partial charge >= 0.3 is 0 Å². The average Bonchev–Trinajstić information content (AvgIpc) is 2.86. The van der Waals surface area contributed by atoms with Gasteiger partial charge in [0.25, 0.3) is 5.91 Å². The summed E-state index contributed by atoms with van der Waals surface area (Å²) >= 11 is 0. The number of nitrogen functional groups attached to an aromatic ring is 1. The maximum absolute atomic E-state index is 11.9. The van der Waals surface area contributed by atoms with Gasteiger partial charge in [-0.2, -0.15) is 4.98 Å². The van der Waals surface area contributed by atoms with Gasteiger partial charge in [0.1, 0.15) is 0 Å². The molecular weight excluding hydrogens is 272 g/mol. The summed E-state index contributed by atoms with van der Waals surface area (Å²) in [5.41, 5.74) is 6.46. The Hall–Kier alpha value is -2.90. The van der Waals surface area contributed by atoms with Crippen molar-refractivity contribution in [1.29, 1.82) is 0 Å². The minimum Gasteiger partial charge on any atom is -0.366 e. The van der Waals surface area contributed by atoms with Crippen molar-refractivity contribution in [3.63, 3.8) is 0 Å². The first-order valence-corrected chi connectivity index (χ1v) is 6.36. The molecule has 0 spiro atoms. The van der Waals surface area contributed by atoms with E-state index >= 15 is 0 Å². The van der Waals surface area contributed by atoms with Crippen molar-refractivity contribution in [1.82, 2.24) is 15.2 Å². The fourth-order valence-corrected chi connectivity index (χ4v) is 1.53. The Morgan fingerprint density at radius 3 is 2.48 bits per heavy atom. The first-order chi connectivity index (χ1) is 9.95. The van der Waals surface area contributed by atoms with Crippen LogP contribution in [0.25, 0.3) is 0 Å². The standard InChI is InChI=1S/C13H16N6O2/c1-7(2)11(20)15-8-4-3-5-9(6-8)16-12(21)10-17-13(14)19-18-10/h3-7H,1-2H3,(H,15,20)(H,16,21)(H3,14,17,18,19). The molecule has 2 amide bonds. The number of anilines is 3. The van der Waals surface area contributed by atoms with E-state index in [0.717, 1.165) is 0 Å². The Balaban J connectivity index is 2.07. The number of benzene rings is 1. The second kappa shape index (κ2) is 6.04. The van der Waals surface area contributed by atoms with Gasteiger partial charge in [-0.15, -0.1) is 5.10 Å². The number of carbonyl (C=O) groups is 2. The van der Waals surface area contributed by atoms with E-state index in [4.69, 9.17) is 5.73 Å². The molecule has 0 aliphatic carbocycles. The number of hydrogen-bond acceptors (Lipinski definition) is 5. The molecule has 5 N–H and O–H groups in total. The highest BCUT2D eigenvalue weighted by atomic mass is 16.2. The number of nitrogens with two attached hydrogens (primary N) is 1. The lowest BCUT2D eigenvalue weighted by atomic mass is 10.2. The monoisotopic (exact) mass is 288 g/mol. The van der Waals surface area contributed by atoms with E-state index in [9.17, 15) is 9.59 Å². The van der Waals surface area contributed by atoms with E-state index in [0.29, 0.717) is 11.4 Å². The summed E-state index contributed by atoms with van der Waals surface area (Å²) < 4.78 is 0.